The van der Waals surface area contributed by atoms with E-state index in [1.54, 1.807) is 0 Å². The van der Waals surface area contributed by atoms with Crippen molar-refractivity contribution in [3.8, 4) is 0 Å². The van der Waals surface area contributed by atoms with Crippen LogP contribution in [0.5, 0.6) is 0 Å². The van der Waals surface area contributed by atoms with Gasteiger partial charge in [0.2, 0.25) is 0 Å². The summed E-state index contributed by atoms with van der Waals surface area (Å²) >= 11 is 0. The van der Waals surface area contributed by atoms with Gasteiger partial charge in [-0.25, -0.2) is 0 Å². The van der Waals surface area contributed by atoms with Gasteiger partial charge in [0.05, 0.1) is 6.61 Å². The lowest BCUT2D eigenvalue weighted by Crippen LogP contribution is -2.52. The zero-order valence-corrected chi connectivity index (χ0v) is 12.8. The number of likely N-dealkylation sites (N-methyl/N-ethyl adjacent to an activating group) is 1. The van der Waals surface area contributed by atoms with Crippen LogP contribution in [0.4, 0.5) is 0 Å². The third-order valence-corrected chi connectivity index (χ3v) is 4.66. The van der Waals surface area contributed by atoms with Gasteiger partial charge in [0.25, 0.3) is 0 Å². The normalized spacial score (nSPS) is 20.3. The van der Waals surface area contributed by atoms with Crippen molar-refractivity contribution in [1.82, 2.24) is 10.2 Å². The van der Waals surface area contributed by atoms with Gasteiger partial charge >= 0.3 is 0 Å². The van der Waals surface area contributed by atoms with Crippen LogP contribution < -0.4 is 5.32 Å². The Morgan fingerprint density at radius 3 is 2.33 bits per heavy atom. The Morgan fingerprint density at radius 1 is 1.22 bits per heavy atom. The number of hydrogen-bond acceptors (Lipinski definition) is 3. The van der Waals surface area contributed by atoms with E-state index in [0.717, 1.165) is 19.6 Å². The average Bonchev–Trinajstić information content (AvgIpc) is 2.37. The van der Waals surface area contributed by atoms with Gasteiger partial charge in [-0.1, -0.05) is 26.2 Å². The van der Waals surface area contributed by atoms with E-state index in [1.807, 2.05) is 0 Å². The fourth-order valence-corrected chi connectivity index (χ4v) is 2.92. The van der Waals surface area contributed by atoms with Crippen LogP contribution in [-0.4, -0.2) is 48.8 Å². The molecule has 1 saturated carbocycles. The van der Waals surface area contributed by atoms with Crippen molar-refractivity contribution in [2.45, 2.75) is 58.4 Å². The molecular formula is C15H32N2O. The second-order valence-electron chi connectivity index (χ2n) is 6.67. The maximum absolute atomic E-state index is 9.50. The fourth-order valence-electron chi connectivity index (χ4n) is 2.92. The van der Waals surface area contributed by atoms with Crippen LogP contribution in [0.1, 0.15) is 52.9 Å². The first-order valence-corrected chi connectivity index (χ1v) is 7.49. The third kappa shape index (κ3) is 4.22. The van der Waals surface area contributed by atoms with Gasteiger partial charge < -0.3 is 10.4 Å². The minimum atomic E-state index is -0.114. The summed E-state index contributed by atoms with van der Waals surface area (Å²) in [6.45, 7) is 9.91. The fraction of sp³-hybridized carbons (Fsp3) is 1.00. The van der Waals surface area contributed by atoms with Gasteiger partial charge in [0.1, 0.15) is 0 Å². The lowest BCUT2D eigenvalue weighted by molar-refractivity contribution is 0.0261. The molecule has 1 rings (SSSR count). The highest BCUT2D eigenvalue weighted by atomic mass is 16.3. The molecule has 0 amide bonds. The van der Waals surface area contributed by atoms with E-state index >= 15 is 0 Å². The predicted molar refractivity (Wildman–Crippen MR) is 77.9 cm³/mol. The van der Waals surface area contributed by atoms with E-state index in [4.69, 9.17) is 0 Å². The molecule has 2 N–H and O–H groups in total. The predicted octanol–water partition coefficient (Wildman–Crippen LogP) is 2.25. The van der Waals surface area contributed by atoms with Crippen molar-refractivity contribution in [3.63, 3.8) is 0 Å². The van der Waals surface area contributed by atoms with Crippen molar-refractivity contribution < 1.29 is 5.11 Å². The van der Waals surface area contributed by atoms with E-state index in [9.17, 15) is 5.11 Å². The first-order chi connectivity index (χ1) is 8.46. The molecule has 1 aliphatic rings. The van der Waals surface area contributed by atoms with Crippen LogP contribution in [0, 0.1) is 5.41 Å². The van der Waals surface area contributed by atoms with Crippen molar-refractivity contribution in [2.24, 2.45) is 5.41 Å². The van der Waals surface area contributed by atoms with Crippen molar-refractivity contribution in [3.05, 3.63) is 0 Å². The Kier molecular flexibility index (Phi) is 6.09. The number of rotatable bonds is 7. The molecular weight excluding hydrogens is 224 g/mol. The minimum Gasteiger partial charge on any atom is -0.394 e. The molecule has 0 radical (unpaired) electrons. The zero-order valence-electron chi connectivity index (χ0n) is 12.8. The summed E-state index contributed by atoms with van der Waals surface area (Å²) in [5.74, 6) is 0. The molecule has 1 aliphatic carbocycles. The zero-order chi connectivity index (χ0) is 13.6. The molecule has 0 unspecified atom stereocenters. The first kappa shape index (κ1) is 15.9. The van der Waals surface area contributed by atoms with E-state index in [2.05, 4.69) is 38.0 Å². The molecule has 108 valence electrons. The molecule has 0 aromatic heterocycles. The van der Waals surface area contributed by atoms with Gasteiger partial charge in [-0.2, -0.15) is 0 Å². The van der Waals surface area contributed by atoms with Gasteiger partial charge in [-0.3, -0.25) is 4.90 Å². The number of aliphatic hydroxyl groups excluding tert-OH is 1. The van der Waals surface area contributed by atoms with Crippen molar-refractivity contribution in [2.75, 3.05) is 33.3 Å². The van der Waals surface area contributed by atoms with Crippen LogP contribution in [0.25, 0.3) is 0 Å². The highest BCUT2D eigenvalue weighted by Gasteiger charge is 2.36. The molecule has 0 aromatic carbocycles. The molecule has 0 aromatic rings. The summed E-state index contributed by atoms with van der Waals surface area (Å²) in [5.41, 5.74) is 0.298. The molecule has 18 heavy (non-hydrogen) atoms. The summed E-state index contributed by atoms with van der Waals surface area (Å²) in [5, 5.41) is 13.0. The topological polar surface area (TPSA) is 35.5 Å². The highest BCUT2D eigenvalue weighted by Crippen LogP contribution is 2.37. The molecule has 3 nitrogen and oxygen atoms in total. The summed E-state index contributed by atoms with van der Waals surface area (Å²) in [7, 11) is 2.15. The quantitative estimate of drug-likeness (QED) is 0.733. The summed E-state index contributed by atoms with van der Waals surface area (Å²) in [6, 6.07) is 0. The highest BCUT2D eigenvalue weighted by molar-refractivity contribution is 4.90. The van der Waals surface area contributed by atoms with E-state index in [1.165, 1.54) is 32.1 Å². The second kappa shape index (κ2) is 6.88. The van der Waals surface area contributed by atoms with Crippen LogP contribution in [0.2, 0.25) is 0 Å². The molecule has 3 heteroatoms. The lowest BCUT2D eigenvalue weighted by Gasteiger charge is -2.45. The van der Waals surface area contributed by atoms with Crippen molar-refractivity contribution in [1.29, 1.82) is 0 Å². The maximum Gasteiger partial charge on any atom is 0.0609 e. The van der Waals surface area contributed by atoms with Crippen LogP contribution in [-0.2, 0) is 0 Å². The maximum atomic E-state index is 9.50. The second-order valence-corrected chi connectivity index (χ2v) is 6.67. The monoisotopic (exact) mass is 256 g/mol. The smallest absolute Gasteiger partial charge is 0.0609 e. The largest absolute Gasteiger partial charge is 0.394 e. The summed E-state index contributed by atoms with van der Waals surface area (Å²) < 4.78 is 0. The molecule has 0 heterocycles. The summed E-state index contributed by atoms with van der Waals surface area (Å²) in [6.07, 6.45) is 6.76. The molecule has 0 saturated heterocycles. The molecule has 0 atom stereocenters. The van der Waals surface area contributed by atoms with Crippen molar-refractivity contribution >= 4 is 0 Å². The Hall–Kier alpha value is -0.120. The molecule has 1 fully saturated rings. The summed E-state index contributed by atoms with van der Waals surface area (Å²) in [4.78, 5) is 2.34. The van der Waals surface area contributed by atoms with E-state index < -0.39 is 0 Å². The molecule has 0 aliphatic heterocycles. The third-order valence-electron chi connectivity index (χ3n) is 4.66. The Bertz CT molecular complexity index is 235. The van der Waals surface area contributed by atoms with Gasteiger partial charge in [0, 0.05) is 18.6 Å². The number of nitrogens with zero attached hydrogens (tertiary/aromatic N) is 1. The minimum absolute atomic E-state index is 0.114. The van der Waals surface area contributed by atoms with Gasteiger partial charge in [-0.05, 0) is 45.7 Å². The first-order valence-electron chi connectivity index (χ1n) is 7.49. The lowest BCUT2D eigenvalue weighted by atomic mass is 9.73. The van der Waals surface area contributed by atoms with Crippen LogP contribution in [0.3, 0.4) is 0 Å². The van der Waals surface area contributed by atoms with Crippen LogP contribution in [0.15, 0.2) is 0 Å². The Labute approximate surface area is 113 Å². The number of hydrogen-bond donors (Lipinski definition) is 2. The van der Waals surface area contributed by atoms with Crippen LogP contribution >= 0.6 is 0 Å². The number of nitrogens with one attached hydrogen (secondary N) is 1. The van der Waals surface area contributed by atoms with Gasteiger partial charge in [0.15, 0.2) is 0 Å². The van der Waals surface area contributed by atoms with Gasteiger partial charge in [-0.15, -0.1) is 0 Å². The molecule has 0 spiro atoms. The SMILES string of the molecule is CCNCC1(CN(C)C(C)(C)CO)CCCCC1. The van der Waals surface area contributed by atoms with E-state index in [-0.39, 0.29) is 12.1 Å². The Balaban J connectivity index is 2.65. The molecule has 0 bridgehead atoms. The standard InChI is InChI=1S/C15H32N2O/c1-5-16-11-15(9-7-6-8-10-15)12-17(4)14(2,3)13-18/h16,18H,5-13H2,1-4H3. The average molecular weight is 256 g/mol. The number of aliphatic hydroxyl groups is 1. The Morgan fingerprint density at radius 2 is 1.83 bits per heavy atom. The van der Waals surface area contributed by atoms with E-state index in [0.29, 0.717) is 5.41 Å².